The number of aromatic hydroxyl groups is 2. The molecule has 0 unspecified atom stereocenters. The summed E-state index contributed by atoms with van der Waals surface area (Å²) in [6, 6.07) is 12.0. The summed E-state index contributed by atoms with van der Waals surface area (Å²) in [5.74, 6) is -4.08. The van der Waals surface area contributed by atoms with Crippen molar-refractivity contribution >= 4 is 29.2 Å². The Labute approximate surface area is 219 Å². The van der Waals surface area contributed by atoms with Gasteiger partial charge in [-0.15, -0.1) is 0 Å². The summed E-state index contributed by atoms with van der Waals surface area (Å²) in [7, 11) is 0. The third-order valence-electron chi connectivity index (χ3n) is 5.26. The SMILES string of the molecule is Cc1ccc(C(=O)Nc2ccc(C(=O)Nc3ccc(C(=O)O)c(O)c3OC(C)C)c(O)c2OC(C)C)cc1. The zero-order valence-corrected chi connectivity index (χ0v) is 21.7. The van der Waals surface area contributed by atoms with Gasteiger partial charge in [-0.3, -0.25) is 9.59 Å². The van der Waals surface area contributed by atoms with Crippen LogP contribution < -0.4 is 20.1 Å². The molecule has 0 fully saturated rings. The predicted octanol–water partition coefficient (Wildman–Crippen LogP) is 5.18. The summed E-state index contributed by atoms with van der Waals surface area (Å²) >= 11 is 0. The Morgan fingerprint density at radius 1 is 0.684 bits per heavy atom. The number of phenols is 2. The van der Waals surface area contributed by atoms with Crippen molar-refractivity contribution in [1.82, 2.24) is 0 Å². The summed E-state index contributed by atoms with van der Waals surface area (Å²) in [5, 5.41) is 35.9. The van der Waals surface area contributed by atoms with Gasteiger partial charge in [0.15, 0.2) is 23.0 Å². The van der Waals surface area contributed by atoms with E-state index in [2.05, 4.69) is 10.6 Å². The predicted molar refractivity (Wildman–Crippen MR) is 142 cm³/mol. The summed E-state index contributed by atoms with van der Waals surface area (Å²) < 4.78 is 11.3. The van der Waals surface area contributed by atoms with E-state index in [0.717, 1.165) is 11.6 Å². The lowest BCUT2D eigenvalue weighted by atomic mass is 10.1. The standard InChI is InChI=1S/C28H30N2O8/c1-14(2)37-24-20(29-26(33)17-8-6-16(5)7-9-17)12-10-18(22(24)31)27(34)30-21-13-11-19(28(35)36)23(32)25(21)38-15(3)4/h6-15,31-32H,1-5H3,(H,29,33)(H,30,34)(H,35,36). The van der Waals surface area contributed by atoms with Crippen LogP contribution in [0.2, 0.25) is 0 Å². The van der Waals surface area contributed by atoms with Crippen LogP contribution in [0.5, 0.6) is 23.0 Å². The van der Waals surface area contributed by atoms with Gasteiger partial charge in [0.1, 0.15) is 5.56 Å². The first-order valence-corrected chi connectivity index (χ1v) is 11.9. The quantitative estimate of drug-likeness (QED) is 0.257. The molecule has 2 amide bonds. The largest absolute Gasteiger partial charge is 0.504 e. The lowest BCUT2D eigenvalue weighted by Crippen LogP contribution is -2.18. The van der Waals surface area contributed by atoms with E-state index in [1.54, 1.807) is 52.0 Å². The molecule has 0 bridgehead atoms. The number of hydrogen-bond donors (Lipinski definition) is 5. The maximum absolute atomic E-state index is 13.2. The van der Waals surface area contributed by atoms with Crippen LogP contribution in [0.4, 0.5) is 11.4 Å². The Balaban J connectivity index is 1.97. The lowest BCUT2D eigenvalue weighted by molar-refractivity contribution is 0.0692. The van der Waals surface area contributed by atoms with Gasteiger partial charge in [-0.1, -0.05) is 17.7 Å². The van der Waals surface area contributed by atoms with E-state index in [9.17, 15) is 29.7 Å². The fraction of sp³-hybridized carbons (Fsp3) is 0.250. The van der Waals surface area contributed by atoms with Crippen molar-refractivity contribution in [3.63, 3.8) is 0 Å². The normalized spacial score (nSPS) is 10.8. The zero-order valence-electron chi connectivity index (χ0n) is 21.7. The summed E-state index contributed by atoms with van der Waals surface area (Å²) in [6.07, 6.45) is -0.850. The smallest absolute Gasteiger partial charge is 0.339 e. The molecule has 3 aromatic rings. The van der Waals surface area contributed by atoms with Gasteiger partial charge >= 0.3 is 5.97 Å². The molecular weight excluding hydrogens is 492 g/mol. The molecule has 200 valence electrons. The first kappa shape index (κ1) is 27.9. The maximum atomic E-state index is 13.2. The number of nitrogens with one attached hydrogen (secondary N) is 2. The number of rotatable bonds is 9. The number of aromatic carboxylic acids is 1. The third-order valence-corrected chi connectivity index (χ3v) is 5.26. The first-order valence-electron chi connectivity index (χ1n) is 11.9. The first-order chi connectivity index (χ1) is 17.9. The number of benzene rings is 3. The van der Waals surface area contributed by atoms with Crippen molar-refractivity contribution < 1.29 is 39.2 Å². The highest BCUT2D eigenvalue weighted by Crippen LogP contribution is 2.41. The van der Waals surface area contributed by atoms with E-state index in [1.165, 1.54) is 18.2 Å². The Bertz CT molecular complexity index is 1360. The van der Waals surface area contributed by atoms with Gasteiger partial charge in [-0.2, -0.15) is 0 Å². The van der Waals surface area contributed by atoms with Crippen molar-refractivity contribution in [2.75, 3.05) is 10.6 Å². The van der Waals surface area contributed by atoms with E-state index in [0.29, 0.717) is 5.56 Å². The van der Waals surface area contributed by atoms with Crippen LogP contribution in [-0.2, 0) is 0 Å². The highest BCUT2D eigenvalue weighted by Gasteiger charge is 2.25. The molecule has 0 aliphatic carbocycles. The summed E-state index contributed by atoms with van der Waals surface area (Å²) in [4.78, 5) is 37.3. The van der Waals surface area contributed by atoms with Crippen molar-refractivity contribution in [2.24, 2.45) is 0 Å². The number of hydrogen-bond acceptors (Lipinski definition) is 7. The van der Waals surface area contributed by atoms with E-state index < -0.39 is 47.1 Å². The molecule has 5 N–H and O–H groups in total. The number of carboxylic acids is 1. The number of ether oxygens (including phenoxy) is 2. The van der Waals surface area contributed by atoms with Crippen LogP contribution in [0.15, 0.2) is 48.5 Å². The van der Waals surface area contributed by atoms with E-state index in [4.69, 9.17) is 9.47 Å². The minimum absolute atomic E-state index is 0.00585. The van der Waals surface area contributed by atoms with Crippen LogP contribution >= 0.6 is 0 Å². The molecule has 0 atom stereocenters. The fourth-order valence-electron chi connectivity index (χ4n) is 3.49. The van der Waals surface area contributed by atoms with Gasteiger partial charge in [0.25, 0.3) is 11.8 Å². The number of carbonyl (C=O) groups excluding carboxylic acids is 2. The third kappa shape index (κ3) is 6.33. The molecule has 0 aliphatic heterocycles. The average Bonchev–Trinajstić information content (AvgIpc) is 2.83. The Morgan fingerprint density at radius 2 is 1.13 bits per heavy atom. The Morgan fingerprint density at radius 3 is 1.61 bits per heavy atom. The van der Waals surface area contributed by atoms with Crippen molar-refractivity contribution in [3.05, 3.63) is 70.8 Å². The van der Waals surface area contributed by atoms with E-state index in [1.807, 2.05) is 6.92 Å². The van der Waals surface area contributed by atoms with Gasteiger partial charge in [0.2, 0.25) is 0 Å². The molecule has 0 heterocycles. The molecule has 10 nitrogen and oxygen atoms in total. The number of carbonyl (C=O) groups is 3. The van der Waals surface area contributed by atoms with Crippen LogP contribution in [0.25, 0.3) is 0 Å². The number of amides is 2. The number of anilines is 2. The van der Waals surface area contributed by atoms with Gasteiger partial charge < -0.3 is 35.4 Å². The van der Waals surface area contributed by atoms with Crippen LogP contribution in [-0.4, -0.2) is 45.3 Å². The van der Waals surface area contributed by atoms with Crippen molar-refractivity contribution in [1.29, 1.82) is 0 Å². The molecule has 0 spiro atoms. The van der Waals surface area contributed by atoms with Gasteiger partial charge in [-0.25, -0.2) is 4.79 Å². The summed E-state index contributed by atoms with van der Waals surface area (Å²) in [5.41, 5.74) is 0.953. The number of aryl methyl sites for hydroxylation is 1. The second-order valence-electron chi connectivity index (χ2n) is 9.09. The molecule has 0 saturated carbocycles. The Hall–Kier alpha value is -4.73. The van der Waals surface area contributed by atoms with Crippen LogP contribution in [0.3, 0.4) is 0 Å². The molecule has 10 heteroatoms. The molecular formula is C28H30N2O8. The second-order valence-corrected chi connectivity index (χ2v) is 9.09. The molecule has 0 radical (unpaired) electrons. The minimum atomic E-state index is -1.37. The maximum Gasteiger partial charge on any atom is 0.339 e. The Kier molecular flexibility index (Phi) is 8.46. The summed E-state index contributed by atoms with van der Waals surface area (Å²) in [6.45, 7) is 8.69. The fourth-order valence-corrected chi connectivity index (χ4v) is 3.49. The highest BCUT2D eigenvalue weighted by molar-refractivity contribution is 6.10. The van der Waals surface area contributed by atoms with E-state index in [-0.39, 0.29) is 28.4 Å². The molecule has 0 aromatic heterocycles. The number of phenolic OH excluding ortho intramolecular Hbond substituents is 1. The van der Waals surface area contributed by atoms with Crippen LogP contribution in [0, 0.1) is 6.92 Å². The monoisotopic (exact) mass is 522 g/mol. The van der Waals surface area contributed by atoms with Gasteiger partial charge in [0.05, 0.1) is 29.1 Å². The van der Waals surface area contributed by atoms with Gasteiger partial charge in [-0.05, 0) is 71.0 Å². The molecule has 0 saturated heterocycles. The lowest BCUT2D eigenvalue weighted by Gasteiger charge is -2.20. The minimum Gasteiger partial charge on any atom is -0.504 e. The average molecular weight is 523 g/mol. The molecule has 38 heavy (non-hydrogen) atoms. The molecule has 0 aliphatic rings. The topological polar surface area (TPSA) is 154 Å². The van der Waals surface area contributed by atoms with Gasteiger partial charge in [0, 0.05) is 5.56 Å². The number of carboxylic acid groups (broad SMARTS) is 1. The van der Waals surface area contributed by atoms with Crippen LogP contribution in [0.1, 0.15) is 64.3 Å². The molecule has 3 rings (SSSR count). The van der Waals surface area contributed by atoms with E-state index >= 15 is 0 Å². The van der Waals surface area contributed by atoms with Crippen molar-refractivity contribution in [2.45, 2.75) is 46.8 Å². The second kappa shape index (κ2) is 11.5. The van der Waals surface area contributed by atoms with Crippen molar-refractivity contribution in [3.8, 4) is 23.0 Å². The highest BCUT2D eigenvalue weighted by atomic mass is 16.5. The zero-order chi connectivity index (χ0) is 28.1. The molecule has 3 aromatic carbocycles.